The van der Waals surface area contributed by atoms with Gasteiger partial charge in [-0.15, -0.1) is 11.3 Å². The Morgan fingerprint density at radius 3 is 2.66 bits per heavy atom. The second-order valence-corrected chi connectivity index (χ2v) is 11.4. The second-order valence-electron chi connectivity index (χ2n) is 9.74. The summed E-state index contributed by atoms with van der Waals surface area (Å²) in [6, 6.07) is 18.3. The smallest absolute Gasteiger partial charge is 0.416 e. The zero-order valence-corrected chi connectivity index (χ0v) is 23.7. The summed E-state index contributed by atoms with van der Waals surface area (Å²) in [4.78, 5) is 24.0. The van der Waals surface area contributed by atoms with Crippen LogP contribution in [0.1, 0.15) is 27.7 Å². The normalized spacial score (nSPS) is 14.6. The number of hydrogen-bond donors (Lipinski definition) is 2. The molecule has 8 nitrogen and oxygen atoms in total. The lowest BCUT2D eigenvalue weighted by Gasteiger charge is -2.35. The van der Waals surface area contributed by atoms with E-state index in [1.165, 1.54) is 35.6 Å². The first kappa shape index (κ1) is 27.1. The number of halogens is 2. The van der Waals surface area contributed by atoms with E-state index in [1.807, 2.05) is 49.4 Å². The molecule has 1 aliphatic heterocycles. The highest BCUT2D eigenvalue weighted by Gasteiger charge is 2.35. The number of anilines is 1. The van der Waals surface area contributed by atoms with Crippen molar-refractivity contribution >= 4 is 45.1 Å². The van der Waals surface area contributed by atoms with Crippen molar-refractivity contribution in [3.05, 3.63) is 105 Å². The van der Waals surface area contributed by atoms with Crippen LogP contribution >= 0.6 is 22.9 Å². The predicted molar refractivity (Wildman–Crippen MR) is 158 cm³/mol. The number of benzene rings is 3. The first-order chi connectivity index (χ1) is 19.9. The Morgan fingerprint density at radius 2 is 1.93 bits per heavy atom. The van der Waals surface area contributed by atoms with Gasteiger partial charge >= 0.3 is 6.09 Å². The molecule has 0 spiro atoms. The molecule has 3 aromatic carbocycles. The third-order valence-electron chi connectivity index (χ3n) is 6.99. The summed E-state index contributed by atoms with van der Waals surface area (Å²) in [6.07, 6.45) is 1.89. The number of hydrogen-bond acceptors (Lipinski definition) is 7. The molecule has 210 valence electrons. The average Bonchev–Trinajstić information content (AvgIpc) is 3.57. The molecular formula is C30H27ClFN5O3S. The fourth-order valence-electron chi connectivity index (χ4n) is 5.05. The van der Waals surface area contributed by atoms with Crippen molar-refractivity contribution in [2.24, 2.45) is 5.84 Å². The summed E-state index contributed by atoms with van der Waals surface area (Å²) < 4.78 is 25.0. The minimum absolute atomic E-state index is 0.273. The number of H-pyrrole nitrogens is 1. The largest absolute Gasteiger partial charge is 0.492 e. The van der Waals surface area contributed by atoms with Crippen LogP contribution in [0.5, 0.6) is 11.5 Å². The molecule has 0 radical (unpaired) electrons. The van der Waals surface area contributed by atoms with E-state index in [-0.39, 0.29) is 5.75 Å². The van der Waals surface area contributed by atoms with Crippen molar-refractivity contribution in [3.63, 3.8) is 0 Å². The fourth-order valence-corrected chi connectivity index (χ4v) is 5.92. The van der Waals surface area contributed by atoms with Crippen LogP contribution in [0.15, 0.2) is 72.9 Å². The van der Waals surface area contributed by atoms with Gasteiger partial charge in [0.2, 0.25) is 0 Å². The highest BCUT2D eigenvalue weighted by atomic mass is 35.5. The van der Waals surface area contributed by atoms with E-state index < -0.39 is 18.0 Å². The molecule has 0 aliphatic carbocycles. The number of aromatic nitrogens is 2. The highest BCUT2D eigenvalue weighted by Crippen LogP contribution is 2.40. The van der Waals surface area contributed by atoms with Crippen molar-refractivity contribution < 1.29 is 18.7 Å². The third kappa shape index (κ3) is 5.72. The molecule has 5 aromatic rings. The topological polar surface area (TPSA) is 96.7 Å². The highest BCUT2D eigenvalue weighted by molar-refractivity contribution is 7.15. The lowest BCUT2D eigenvalue weighted by atomic mass is 9.92. The van der Waals surface area contributed by atoms with Gasteiger partial charge in [-0.05, 0) is 79.1 Å². The molecule has 3 N–H and O–H groups in total. The van der Waals surface area contributed by atoms with E-state index in [0.29, 0.717) is 36.9 Å². The first-order valence-electron chi connectivity index (χ1n) is 13.1. The lowest BCUT2D eigenvalue weighted by Crippen LogP contribution is -2.42. The molecule has 0 bridgehead atoms. The van der Waals surface area contributed by atoms with Crippen LogP contribution in [0.4, 0.5) is 14.3 Å². The number of nitrogens with one attached hydrogen (secondary N) is 1. The Hall–Kier alpha value is -4.12. The van der Waals surface area contributed by atoms with Gasteiger partial charge in [-0.2, -0.15) is 0 Å². The zero-order valence-electron chi connectivity index (χ0n) is 22.1. The maximum atomic E-state index is 13.4. The van der Waals surface area contributed by atoms with Gasteiger partial charge in [0.1, 0.15) is 30.0 Å². The van der Waals surface area contributed by atoms with Crippen LogP contribution in [0, 0.1) is 12.7 Å². The number of nitrogens with two attached hydrogens (primary N) is 1. The van der Waals surface area contributed by atoms with Gasteiger partial charge in [0.25, 0.3) is 0 Å². The molecule has 6 rings (SSSR count). The average molecular weight is 592 g/mol. The van der Waals surface area contributed by atoms with Gasteiger partial charge in [-0.1, -0.05) is 23.7 Å². The van der Waals surface area contributed by atoms with E-state index in [4.69, 9.17) is 26.9 Å². The number of aryl methyl sites for hydroxylation is 1. The number of carbonyl (C=O) groups is 1. The van der Waals surface area contributed by atoms with Crippen LogP contribution < -0.4 is 20.3 Å². The maximum Gasteiger partial charge on any atom is 0.416 e. The lowest BCUT2D eigenvalue weighted by molar-refractivity contribution is 0.135. The molecule has 1 amide bonds. The fraction of sp³-hybridized carbons (Fsp3) is 0.200. The summed E-state index contributed by atoms with van der Waals surface area (Å²) in [6.45, 7) is 3.26. The number of amides is 1. The summed E-state index contributed by atoms with van der Waals surface area (Å²) in [5, 5.41) is 3.99. The molecule has 3 heterocycles. The van der Waals surface area contributed by atoms with Gasteiger partial charge in [0.15, 0.2) is 5.13 Å². The summed E-state index contributed by atoms with van der Waals surface area (Å²) in [7, 11) is 0. The van der Waals surface area contributed by atoms with Crippen LogP contribution in [0.2, 0.25) is 5.02 Å². The number of carbonyl (C=O) groups excluding carboxylic acids is 1. The van der Waals surface area contributed by atoms with Crippen molar-refractivity contribution in [1.82, 2.24) is 14.9 Å². The van der Waals surface area contributed by atoms with Gasteiger partial charge in [-0.25, -0.2) is 20.0 Å². The van der Waals surface area contributed by atoms with E-state index in [1.54, 1.807) is 16.1 Å². The number of hydrazine groups is 1. The van der Waals surface area contributed by atoms with E-state index in [0.717, 1.165) is 37.7 Å². The zero-order chi connectivity index (χ0) is 28.5. The molecule has 0 fully saturated rings. The van der Waals surface area contributed by atoms with Gasteiger partial charge in [-0.3, -0.25) is 9.91 Å². The SMILES string of the molecule is Cc1cnc(N(N)CCOc2ccc(C3c4[nH]c5ccc(Cl)cc5c4CCN3C(=O)Oc3ccc(F)cc3)cc2)s1. The Bertz CT molecular complexity index is 1690. The Balaban J connectivity index is 1.25. The summed E-state index contributed by atoms with van der Waals surface area (Å²) in [5.74, 6) is 6.66. The number of aromatic amines is 1. The third-order valence-corrected chi connectivity index (χ3v) is 8.18. The van der Waals surface area contributed by atoms with E-state index in [9.17, 15) is 9.18 Å². The Labute approximate surface area is 245 Å². The molecular weight excluding hydrogens is 565 g/mol. The molecule has 0 saturated carbocycles. The maximum absolute atomic E-state index is 13.4. The number of thiazole rings is 1. The Kier molecular flexibility index (Phi) is 7.53. The second kappa shape index (κ2) is 11.4. The molecule has 1 atom stereocenters. The van der Waals surface area contributed by atoms with Gasteiger partial charge in [0, 0.05) is 39.2 Å². The molecule has 1 unspecified atom stereocenters. The van der Waals surface area contributed by atoms with Crippen molar-refractivity contribution in [2.45, 2.75) is 19.4 Å². The number of nitrogens with zero attached hydrogens (tertiary/aromatic N) is 3. The van der Waals surface area contributed by atoms with Crippen molar-refractivity contribution in [3.8, 4) is 11.5 Å². The summed E-state index contributed by atoms with van der Waals surface area (Å²) >= 11 is 7.84. The van der Waals surface area contributed by atoms with Crippen LogP contribution in [-0.4, -0.2) is 40.7 Å². The van der Waals surface area contributed by atoms with Crippen LogP contribution in [0.25, 0.3) is 10.9 Å². The van der Waals surface area contributed by atoms with Crippen LogP contribution in [-0.2, 0) is 6.42 Å². The van der Waals surface area contributed by atoms with E-state index >= 15 is 0 Å². The molecule has 1 aliphatic rings. The number of fused-ring (bicyclic) bond motifs is 3. The van der Waals surface area contributed by atoms with Crippen molar-refractivity contribution in [2.75, 3.05) is 24.7 Å². The van der Waals surface area contributed by atoms with Crippen LogP contribution in [0.3, 0.4) is 0 Å². The number of ether oxygens (including phenoxy) is 2. The standard InChI is InChI=1S/C30H27ClFN5O3S/c1-18-17-34-29(41-18)37(33)14-15-39-22-7-2-19(3-8-22)28-27-24(25-16-20(31)4-11-26(25)35-27)12-13-36(28)30(38)40-23-9-5-21(32)6-10-23/h2-11,16-17,28,35H,12-15,33H2,1H3. The van der Waals surface area contributed by atoms with Crippen molar-refractivity contribution in [1.29, 1.82) is 0 Å². The van der Waals surface area contributed by atoms with E-state index in [2.05, 4.69) is 9.97 Å². The molecule has 11 heteroatoms. The monoisotopic (exact) mass is 591 g/mol. The first-order valence-corrected chi connectivity index (χ1v) is 14.3. The molecule has 2 aromatic heterocycles. The number of rotatable bonds is 7. The minimum atomic E-state index is -0.523. The van der Waals surface area contributed by atoms with Gasteiger partial charge in [0.05, 0.1) is 6.54 Å². The molecule has 0 saturated heterocycles. The molecule has 41 heavy (non-hydrogen) atoms. The summed E-state index contributed by atoms with van der Waals surface area (Å²) in [5.41, 5.74) is 3.83. The minimum Gasteiger partial charge on any atom is -0.492 e. The quantitative estimate of drug-likeness (QED) is 0.163. The predicted octanol–water partition coefficient (Wildman–Crippen LogP) is 6.63. The van der Waals surface area contributed by atoms with Gasteiger partial charge < -0.3 is 14.5 Å². The Morgan fingerprint density at radius 1 is 1.17 bits per heavy atom.